The van der Waals surface area contributed by atoms with E-state index < -0.39 is 5.97 Å². The minimum atomic E-state index is -0.408. The van der Waals surface area contributed by atoms with Crippen molar-refractivity contribution in [3.8, 4) is 0 Å². The van der Waals surface area contributed by atoms with Crippen LogP contribution in [0.2, 0.25) is 0 Å². The Labute approximate surface area is 122 Å². The molecule has 0 radical (unpaired) electrons. The summed E-state index contributed by atoms with van der Waals surface area (Å²) < 4.78 is 4.68. The summed E-state index contributed by atoms with van der Waals surface area (Å²) in [5.74, 6) is -0.408. The Morgan fingerprint density at radius 3 is 2.71 bits per heavy atom. The second-order valence-corrected chi connectivity index (χ2v) is 5.10. The molecular formula is C15H17N3O3. The third-order valence-corrected chi connectivity index (χ3v) is 3.67. The topological polar surface area (TPSA) is 74.4 Å². The number of fused-ring (bicyclic) bond motifs is 1. The number of amides is 2. The van der Waals surface area contributed by atoms with Crippen LogP contribution in [0.3, 0.4) is 0 Å². The van der Waals surface area contributed by atoms with E-state index in [0.717, 1.165) is 42.5 Å². The van der Waals surface area contributed by atoms with Gasteiger partial charge >= 0.3 is 12.0 Å². The maximum atomic E-state index is 12.0. The summed E-state index contributed by atoms with van der Waals surface area (Å²) >= 11 is 0. The summed E-state index contributed by atoms with van der Waals surface area (Å²) in [4.78, 5) is 28.3. The molecule has 1 aromatic carbocycles. The molecule has 0 bridgehead atoms. The molecule has 1 fully saturated rings. The van der Waals surface area contributed by atoms with E-state index >= 15 is 0 Å². The number of anilines is 1. The molecule has 0 atom stereocenters. The zero-order chi connectivity index (χ0) is 14.8. The van der Waals surface area contributed by atoms with Crippen molar-refractivity contribution in [1.82, 2.24) is 9.88 Å². The molecule has 1 aliphatic heterocycles. The maximum absolute atomic E-state index is 12.0. The highest BCUT2D eigenvalue weighted by atomic mass is 16.5. The van der Waals surface area contributed by atoms with Crippen LogP contribution in [-0.2, 0) is 4.74 Å². The number of H-pyrrole nitrogens is 1. The van der Waals surface area contributed by atoms with E-state index in [1.807, 2.05) is 18.2 Å². The van der Waals surface area contributed by atoms with Gasteiger partial charge in [-0.25, -0.2) is 9.59 Å². The van der Waals surface area contributed by atoms with Crippen LogP contribution in [0, 0.1) is 0 Å². The van der Waals surface area contributed by atoms with E-state index in [1.54, 1.807) is 11.0 Å². The number of nitrogens with one attached hydrogen (secondary N) is 2. The van der Waals surface area contributed by atoms with E-state index in [2.05, 4.69) is 15.0 Å². The molecule has 0 unspecified atom stereocenters. The van der Waals surface area contributed by atoms with Crippen molar-refractivity contribution < 1.29 is 14.3 Å². The fraction of sp³-hybridized carbons (Fsp3) is 0.333. The van der Waals surface area contributed by atoms with Crippen molar-refractivity contribution in [2.24, 2.45) is 0 Å². The van der Waals surface area contributed by atoms with Gasteiger partial charge < -0.3 is 19.9 Å². The highest BCUT2D eigenvalue weighted by molar-refractivity contribution is 5.97. The molecule has 21 heavy (non-hydrogen) atoms. The second-order valence-electron chi connectivity index (χ2n) is 5.10. The maximum Gasteiger partial charge on any atom is 0.354 e. The minimum Gasteiger partial charge on any atom is -0.464 e. The summed E-state index contributed by atoms with van der Waals surface area (Å²) in [7, 11) is 1.34. The van der Waals surface area contributed by atoms with E-state index in [1.165, 1.54) is 7.11 Å². The van der Waals surface area contributed by atoms with Gasteiger partial charge in [-0.05, 0) is 37.1 Å². The van der Waals surface area contributed by atoms with Crippen LogP contribution in [0.1, 0.15) is 23.3 Å². The van der Waals surface area contributed by atoms with Crippen LogP contribution < -0.4 is 5.32 Å². The number of esters is 1. The molecular weight excluding hydrogens is 270 g/mol. The Kier molecular flexibility index (Phi) is 3.51. The van der Waals surface area contributed by atoms with Crippen LogP contribution in [0.15, 0.2) is 24.3 Å². The molecule has 2 amide bonds. The first kappa shape index (κ1) is 13.5. The number of hydrogen-bond acceptors (Lipinski definition) is 3. The number of rotatable bonds is 2. The summed E-state index contributed by atoms with van der Waals surface area (Å²) in [6.45, 7) is 1.62. The molecule has 6 nitrogen and oxygen atoms in total. The van der Waals surface area contributed by atoms with Gasteiger partial charge in [0.15, 0.2) is 0 Å². The first-order valence-corrected chi connectivity index (χ1v) is 6.94. The molecule has 1 aromatic heterocycles. The molecule has 0 spiro atoms. The van der Waals surface area contributed by atoms with Gasteiger partial charge in [0.1, 0.15) is 5.69 Å². The Balaban J connectivity index is 1.80. The van der Waals surface area contributed by atoms with Crippen LogP contribution >= 0.6 is 0 Å². The van der Waals surface area contributed by atoms with Gasteiger partial charge in [0.25, 0.3) is 0 Å². The number of methoxy groups -OCH3 is 1. The van der Waals surface area contributed by atoms with Crippen molar-refractivity contribution in [2.75, 3.05) is 25.5 Å². The summed E-state index contributed by atoms with van der Waals surface area (Å²) in [6, 6.07) is 7.13. The van der Waals surface area contributed by atoms with Crippen molar-refractivity contribution in [3.05, 3.63) is 30.0 Å². The molecule has 0 aliphatic carbocycles. The summed E-state index contributed by atoms with van der Waals surface area (Å²) in [5, 5.41) is 3.74. The van der Waals surface area contributed by atoms with E-state index in [-0.39, 0.29) is 6.03 Å². The quantitative estimate of drug-likeness (QED) is 0.834. The molecule has 3 rings (SSSR count). The van der Waals surface area contributed by atoms with Gasteiger partial charge in [-0.1, -0.05) is 0 Å². The third-order valence-electron chi connectivity index (χ3n) is 3.67. The number of hydrogen-bond donors (Lipinski definition) is 2. The van der Waals surface area contributed by atoms with Crippen molar-refractivity contribution >= 4 is 28.6 Å². The number of benzene rings is 1. The lowest BCUT2D eigenvalue weighted by atomic mass is 10.2. The monoisotopic (exact) mass is 287 g/mol. The zero-order valence-corrected chi connectivity index (χ0v) is 11.8. The number of likely N-dealkylation sites (tertiary alicyclic amines) is 1. The number of ether oxygens (including phenoxy) is 1. The van der Waals surface area contributed by atoms with Gasteiger partial charge in [-0.3, -0.25) is 0 Å². The number of aromatic nitrogens is 1. The zero-order valence-electron chi connectivity index (χ0n) is 11.8. The molecule has 2 aromatic rings. The van der Waals surface area contributed by atoms with Crippen molar-refractivity contribution in [3.63, 3.8) is 0 Å². The van der Waals surface area contributed by atoms with Crippen molar-refractivity contribution in [2.45, 2.75) is 12.8 Å². The Bertz CT molecular complexity index is 687. The van der Waals surface area contributed by atoms with Crippen LogP contribution in [0.4, 0.5) is 10.5 Å². The van der Waals surface area contributed by atoms with Gasteiger partial charge in [-0.15, -0.1) is 0 Å². The SMILES string of the molecule is COC(=O)c1cc2cc(NC(=O)N3CCCC3)ccc2[nH]1. The number of carbonyl (C=O) groups excluding carboxylic acids is 2. The second kappa shape index (κ2) is 5.47. The smallest absolute Gasteiger partial charge is 0.354 e. The molecule has 2 heterocycles. The summed E-state index contributed by atoms with van der Waals surface area (Å²) in [6.07, 6.45) is 2.12. The van der Waals surface area contributed by atoms with Crippen LogP contribution in [-0.4, -0.2) is 42.1 Å². The van der Waals surface area contributed by atoms with E-state index in [9.17, 15) is 9.59 Å². The van der Waals surface area contributed by atoms with E-state index in [0.29, 0.717) is 5.69 Å². The predicted molar refractivity (Wildman–Crippen MR) is 79.5 cm³/mol. The summed E-state index contributed by atoms with van der Waals surface area (Å²) in [5.41, 5.74) is 1.94. The van der Waals surface area contributed by atoms with Gasteiger partial charge in [0, 0.05) is 29.7 Å². The lowest BCUT2D eigenvalue weighted by Crippen LogP contribution is -2.32. The number of urea groups is 1. The number of aromatic amines is 1. The highest BCUT2D eigenvalue weighted by Gasteiger charge is 2.18. The van der Waals surface area contributed by atoms with E-state index in [4.69, 9.17) is 0 Å². The average molecular weight is 287 g/mol. The fourth-order valence-electron chi connectivity index (χ4n) is 2.55. The lowest BCUT2D eigenvalue weighted by molar-refractivity contribution is 0.0595. The molecule has 0 saturated carbocycles. The van der Waals surface area contributed by atoms with Crippen LogP contribution in [0.25, 0.3) is 10.9 Å². The predicted octanol–water partition coefficient (Wildman–Crippen LogP) is 2.58. The van der Waals surface area contributed by atoms with Crippen LogP contribution in [0.5, 0.6) is 0 Å². The number of nitrogens with zero attached hydrogens (tertiary/aromatic N) is 1. The largest absolute Gasteiger partial charge is 0.464 e. The molecule has 6 heteroatoms. The van der Waals surface area contributed by atoms with Gasteiger partial charge in [-0.2, -0.15) is 0 Å². The fourth-order valence-corrected chi connectivity index (χ4v) is 2.55. The standard InChI is InChI=1S/C15H17N3O3/c1-21-14(19)13-9-10-8-11(4-5-12(10)17-13)16-15(20)18-6-2-3-7-18/h4-5,8-9,17H,2-3,6-7H2,1H3,(H,16,20). The molecule has 1 saturated heterocycles. The number of carbonyl (C=O) groups is 2. The average Bonchev–Trinajstić information content (AvgIpc) is 3.15. The first-order valence-electron chi connectivity index (χ1n) is 6.94. The van der Waals surface area contributed by atoms with Gasteiger partial charge in [0.05, 0.1) is 7.11 Å². The molecule has 110 valence electrons. The first-order chi connectivity index (χ1) is 10.2. The Morgan fingerprint density at radius 2 is 2.00 bits per heavy atom. The Hall–Kier alpha value is -2.50. The van der Waals surface area contributed by atoms with Crippen molar-refractivity contribution in [1.29, 1.82) is 0 Å². The molecule has 2 N–H and O–H groups in total. The third kappa shape index (κ3) is 2.69. The van der Waals surface area contributed by atoms with Gasteiger partial charge in [0.2, 0.25) is 0 Å². The Morgan fingerprint density at radius 1 is 1.24 bits per heavy atom. The normalized spacial score (nSPS) is 14.4. The molecule has 1 aliphatic rings. The lowest BCUT2D eigenvalue weighted by Gasteiger charge is -2.16. The highest BCUT2D eigenvalue weighted by Crippen LogP contribution is 2.21. The minimum absolute atomic E-state index is 0.0735.